The Balaban J connectivity index is 1.76. The zero-order valence-corrected chi connectivity index (χ0v) is 15.5. The number of nitrogens with one attached hydrogen (secondary N) is 1. The number of rotatable bonds is 5. The summed E-state index contributed by atoms with van der Waals surface area (Å²) in [7, 11) is 1.98. The van der Waals surface area contributed by atoms with E-state index in [0.29, 0.717) is 16.3 Å². The first kappa shape index (κ1) is 18.0. The molecule has 0 atom stereocenters. The number of hydrogen-bond acceptors (Lipinski definition) is 3. The molecular formula is C21H20ClN3O. The highest BCUT2D eigenvalue weighted by Crippen LogP contribution is 2.24. The largest absolute Gasteiger partial charge is 0.369 e. The van der Waals surface area contributed by atoms with Gasteiger partial charge in [-0.1, -0.05) is 48.0 Å². The molecule has 1 heterocycles. The number of carbonyl (C=O) groups excluding carboxylic acids is 1. The minimum atomic E-state index is -0.210. The van der Waals surface area contributed by atoms with Crippen molar-refractivity contribution in [3.05, 3.63) is 88.7 Å². The maximum Gasteiger partial charge on any atom is 0.257 e. The molecule has 1 aromatic heterocycles. The average molecular weight is 366 g/mol. The van der Waals surface area contributed by atoms with Gasteiger partial charge in [0.1, 0.15) is 0 Å². The first-order valence-corrected chi connectivity index (χ1v) is 8.69. The van der Waals surface area contributed by atoms with Crippen LogP contribution in [0.15, 0.2) is 67.0 Å². The van der Waals surface area contributed by atoms with Gasteiger partial charge in [0, 0.05) is 30.5 Å². The molecule has 0 saturated carbocycles. The van der Waals surface area contributed by atoms with Crippen molar-refractivity contribution in [1.82, 2.24) is 4.98 Å². The Morgan fingerprint density at radius 2 is 1.88 bits per heavy atom. The molecule has 0 aliphatic heterocycles. The number of benzene rings is 2. The number of carbonyl (C=O) groups is 1. The summed E-state index contributed by atoms with van der Waals surface area (Å²) in [6.45, 7) is 2.61. The maximum absolute atomic E-state index is 12.6. The van der Waals surface area contributed by atoms with Crippen molar-refractivity contribution in [2.75, 3.05) is 17.3 Å². The van der Waals surface area contributed by atoms with Crippen LogP contribution in [0.3, 0.4) is 0 Å². The van der Waals surface area contributed by atoms with Gasteiger partial charge in [-0.3, -0.25) is 9.78 Å². The highest BCUT2D eigenvalue weighted by Gasteiger charge is 2.12. The minimum Gasteiger partial charge on any atom is -0.369 e. The van der Waals surface area contributed by atoms with Crippen molar-refractivity contribution in [1.29, 1.82) is 0 Å². The zero-order chi connectivity index (χ0) is 18.5. The fourth-order valence-electron chi connectivity index (χ4n) is 2.65. The SMILES string of the molecule is Cc1c(Cl)cccc1NC(=O)c1cncc(N(C)Cc2ccccc2)c1. The summed E-state index contributed by atoms with van der Waals surface area (Å²) in [5.41, 5.74) is 4.11. The summed E-state index contributed by atoms with van der Waals surface area (Å²) in [6.07, 6.45) is 3.32. The summed E-state index contributed by atoms with van der Waals surface area (Å²) in [4.78, 5) is 18.9. The summed E-state index contributed by atoms with van der Waals surface area (Å²) in [5, 5.41) is 3.52. The standard InChI is InChI=1S/C21H20ClN3O/c1-15-19(22)9-6-10-20(15)24-21(26)17-11-18(13-23-12-17)25(2)14-16-7-4-3-5-8-16/h3-13H,14H2,1-2H3,(H,24,26). The van der Waals surface area contributed by atoms with Crippen LogP contribution in [0.4, 0.5) is 11.4 Å². The lowest BCUT2D eigenvalue weighted by molar-refractivity contribution is 0.102. The van der Waals surface area contributed by atoms with Crippen molar-refractivity contribution in [2.24, 2.45) is 0 Å². The van der Waals surface area contributed by atoms with Crippen molar-refractivity contribution in [2.45, 2.75) is 13.5 Å². The molecule has 0 spiro atoms. The predicted molar refractivity (Wildman–Crippen MR) is 107 cm³/mol. The Kier molecular flexibility index (Phi) is 5.54. The fourth-order valence-corrected chi connectivity index (χ4v) is 2.82. The molecule has 0 saturated heterocycles. The third-order valence-electron chi connectivity index (χ3n) is 4.21. The Bertz CT molecular complexity index is 912. The predicted octanol–water partition coefficient (Wildman–Crippen LogP) is 4.93. The number of aromatic nitrogens is 1. The van der Waals surface area contributed by atoms with Gasteiger partial charge in [-0.15, -0.1) is 0 Å². The number of anilines is 2. The molecule has 0 aliphatic carbocycles. The van der Waals surface area contributed by atoms with E-state index in [1.54, 1.807) is 18.5 Å². The van der Waals surface area contributed by atoms with Gasteiger partial charge in [0.25, 0.3) is 5.91 Å². The molecule has 0 fully saturated rings. The topological polar surface area (TPSA) is 45.2 Å². The molecule has 5 heteroatoms. The summed E-state index contributed by atoms with van der Waals surface area (Å²) in [5.74, 6) is -0.210. The van der Waals surface area contributed by atoms with E-state index in [2.05, 4.69) is 27.3 Å². The maximum atomic E-state index is 12.6. The fraction of sp³-hybridized carbons (Fsp3) is 0.143. The molecule has 132 valence electrons. The van der Waals surface area contributed by atoms with Crippen LogP contribution in [0.5, 0.6) is 0 Å². The lowest BCUT2D eigenvalue weighted by Crippen LogP contribution is -2.18. The van der Waals surface area contributed by atoms with Crippen LogP contribution in [0, 0.1) is 6.92 Å². The second-order valence-corrected chi connectivity index (χ2v) is 6.55. The van der Waals surface area contributed by atoms with Crippen LogP contribution in [0.2, 0.25) is 5.02 Å². The van der Waals surface area contributed by atoms with E-state index in [1.807, 2.05) is 50.4 Å². The Morgan fingerprint density at radius 1 is 1.12 bits per heavy atom. The Labute approximate surface area is 158 Å². The second-order valence-electron chi connectivity index (χ2n) is 6.14. The smallest absolute Gasteiger partial charge is 0.257 e. The van der Waals surface area contributed by atoms with Crippen LogP contribution in [0.25, 0.3) is 0 Å². The van der Waals surface area contributed by atoms with E-state index < -0.39 is 0 Å². The average Bonchev–Trinajstić information content (AvgIpc) is 2.66. The highest BCUT2D eigenvalue weighted by atomic mass is 35.5. The molecule has 1 amide bonds. The molecule has 0 bridgehead atoms. The molecule has 2 aromatic carbocycles. The normalized spacial score (nSPS) is 10.4. The number of hydrogen-bond donors (Lipinski definition) is 1. The molecular weight excluding hydrogens is 346 g/mol. The van der Waals surface area contributed by atoms with Crippen LogP contribution in [-0.4, -0.2) is 17.9 Å². The van der Waals surface area contributed by atoms with Gasteiger partial charge in [0.2, 0.25) is 0 Å². The summed E-state index contributed by atoms with van der Waals surface area (Å²) in [6, 6.07) is 17.4. The van der Waals surface area contributed by atoms with E-state index in [0.717, 1.165) is 17.8 Å². The zero-order valence-electron chi connectivity index (χ0n) is 14.7. The molecule has 4 nitrogen and oxygen atoms in total. The molecule has 1 N–H and O–H groups in total. The molecule has 3 aromatic rings. The van der Waals surface area contributed by atoms with Gasteiger partial charge in [0.05, 0.1) is 17.4 Å². The summed E-state index contributed by atoms with van der Waals surface area (Å²) < 4.78 is 0. The van der Waals surface area contributed by atoms with E-state index in [4.69, 9.17) is 11.6 Å². The van der Waals surface area contributed by atoms with E-state index >= 15 is 0 Å². The van der Waals surface area contributed by atoms with Crippen molar-refractivity contribution < 1.29 is 4.79 Å². The molecule has 3 rings (SSSR count). The lowest BCUT2D eigenvalue weighted by atomic mass is 10.1. The molecule has 0 unspecified atom stereocenters. The van der Waals surface area contributed by atoms with Gasteiger partial charge >= 0.3 is 0 Å². The van der Waals surface area contributed by atoms with Gasteiger partial charge in [0.15, 0.2) is 0 Å². The molecule has 0 aliphatic rings. The van der Waals surface area contributed by atoms with Crippen molar-refractivity contribution >= 4 is 28.9 Å². The van der Waals surface area contributed by atoms with Crippen molar-refractivity contribution in [3.8, 4) is 0 Å². The van der Waals surface area contributed by atoms with Crippen LogP contribution < -0.4 is 10.2 Å². The third-order valence-corrected chi connectivity index (χ3v) is 4.61. The second kappa shape index (κ2) is 8.02. The van der Waals surface area contributed by atoms with E-state index in [9.17, 15) is 4.79 Å². The lowest BCUT2D eigenvalue weighted by Gasteiger charge is -2.19. The van der Waals surface area contributed by atoms with Gasteiger partial charge in [-0.2, -0.15) is 0 Å². The minimum absolute atomic E-state index is 0.210. The first-order chi connectivity index (χ1) is 12.5. The van der Waals surface area contributed by atoms with Crippen LogP contribution >= 0.6 is 11.6 Å². The number of pyridine rings is 1. The number of nitrogens with zero attached hydrogens (tertiary/aromatic N) is 2. The van der Waals surface area contributed by atoms with Gasteiger partial charge < -0.3 is 10.2 Å². The van der Waals surface area contributed by atoms with Crippen LogP contribution in [-0.2, 0) is 6.54 Å². The number of amides is 1. The van der Waals surface area contributed by atoms with E-state index in [1.165, 1.54) is 5.56 Å². The Morgan fingerprint density at radius 3 is 2.65 bits per heavy atom. The molecule has 0 radical (unpaired) electrons. The summed E-state index contributed by atoms with van der Waals surface area (Å²) >= 11 is 6.12. The quantitative estimate of drug-likeness (QED) is 0.697. The van der Waals surface area contributed by atoms with E-state index in [-0.39, 0.29) is 5.91 Å². The molecule has 26 heavy (non-hydrogen) atoms. The van der Waals surface area contributed by atoms with Crippen molar-refractivity contribution in [3.63, 3.8) is 0 Å². The Hall–Kier alpha value is -2.85. The highest BCUT2D eigenvalue weighted by molar-refractivity contribution is 6.31. The van der Waals surface area contributed by atoms with Gasteiger partial charge in [-0.05, 0) is 36.2 Å². The monoisotopic (exact) mass is 365 g/mol. The number of halogens is 1. The first-order valence-electron chi connectivity index (χ1n) is 8.31. The van der Waals surface area contributed by atoms with Gasteiger partial charge in [-0.25, -0.2) is 0 Å². The van der Waals surface area contributed by atoms with Crippen LogP contribution in [0.1, 0.15) is 21.5 Å². The third kappa shape index (κ3) is 4.21.